The molecule has 2 N–H and O–H groups in total. The summed E-state index contributed by atoms with van der Waals surface area (Å²) in [7, 11) is -2.90. The number of carbonyl (C=O) groups is 1. The van der Waals surface area contributed by atoms with E-state index in [4.69, 9.17) is 0 Å². The lowest BCUT2D eigenvalue weighted by molar-refractivity contribution is -0.121. The van der Waals surface area contributed by atoms with Crippen molar-refractivity contribution >= 4 is 27.5 Å². The maximum atomic E-state index is 12.3. The van der Waals surface area contributed by atoms with Gasteiger partial charge in [-0.1, -0.05) is 0 Å². The van der Waals surface area contributed by atoms with Gasteiger partial charge in [-0.05, 0) is 69.5 Å². The van der Waals surface area contributed by atoms with Gasteiger partial charge in [0.05, 0.1) is 16.7 Å². The topological polar surface area (TPSA) is 75.3 Å². The third-order valence-corrected chi connectivity index (χ3v) is 8.91. The summed E-state index contributed by atoms with van der Waals surface area (Å²) in [6.45, 7) is 0. The zero-order valence-electron chi connectivity index (χ0n) is 14.5. The normalized spacial score (nSPS) is 38.0. The van der Waals surface area contributed by atoms with Crippen LogP contribution in [-0.4, -0.2) is 49.0 Å². The summed E-state index contributed by atoms with van der Waals surface area (Å²) in [6.07, 6.45) is 10.4. The molecule has 7 heteroatoms. The minimum atomic E-state index is -2.90. The van der Waals surface area contributed by atoms with Gasteiger partial charge >= 0.3 is 0 Å². The van der Waals surface area contributed by atoms with Gasteiger partial charge in [-0.15, -0.1) is 11.8 Å². The number of nitrogens with one attached hydrogen (secondary N) is 2. The molecule has 2 saturated heterocycles. The van der Waals surface area contributed by atoms with Crippen LogP contribution in [0.1, 0.15) is 57.8 Å². The van der Waals surface area contributed by atoms with Crippen LogP contribution in [0.5, 0.6) is 0 Å². The second kappa shape index (κ2) is 7.96. The predicted molar refractivity (Wildman–Crippen MR) is 98.8 cm³/mol. The molecule has 1 amide bonds. The monoisotopic (exact) mass is 374 g/mol. The average molecular weight is 375 g/mol. The summed E-state index contributed by atoms with van der Waals surface area (Å²) in [6, 6.07) is 0.417. The molecule has 3 rings (SSSR count). The van der Waals surface area contributed by atoms with E-state index in [-0.39, 0.29) is 22.6 Å². The van der Waals surface area contributed by atoms with Crippen LogP contribution in [0.15, 0.2) is 0 Å². The smallest absolute Gasteiger partial charge is 0.234 e. The predicted octanol–water partition coefficient (Wildman–Crippen LogP) is 2.07. The molecule has 0 spiro atoms. The van der Waals surface area contributed by atoms with Gasteiger partial charge in [0.2, 0.25) is 5.91 Å². The van der Waals surface area contributed by atoms with Crippen molar-refractivity contribution in [2.45, 2.75) is 80.5 Å². The average Bonchev–Trinajstić information content (AvgIpc) is 3.09. The lowest BCUT2D eigenvalue weighted by Crippen LogP contribution is -2.56. The molecule has 0 bridgehead atoms. The van der Waals surface area contributed by atoms with Crippen molar-refractivity contribution < 1.29 is 13.2 Å². The van der Waals surface area contributed by atoms with Crippen LogP contribution in [0.25, 0.3) is 0 Å². The van der Waals surface area contributed by atoms with Gasteiger partial charge in [-0.3, -0.25) is 10.1 Å². The maximum absolute atomic E-state index is 12.3. The molecule has 3 aliphatic rings. The minimum absolute atomic E-state index is 0.0880. The molecule has 138 valence electrons. The van der Waals surface area contributed by atoms with Crippen molar-refractivity contribution in [2.75, 3.05) is 12.0 Å². The fourth-order valence-electron chi connectivity index (χ4n) is 4.42. The fourth-order valence-corrected chi connectivity index (χ4v) is 6.72. The first-order valence-corrected chi connectivity index (χ1v) is 12.3. The highest BCUT2D eigenvalue weighted by molar-refractivity contribution is 8.00. The summed E-state index contributed by atoms with van der Waals surface area (Å²) in [5.41, 5.74) is 0. The summed E-state index contributed by atoms with van der Waals surface area (Å²) in [5.74, 6) is 1.84. The molecule has 0 aromatic heterocycles. The zero-order chi connectivity index (χ0) is 17.2. The first-order valence-electron chi connectivity index (χ1n) is 9.30. The van der Waals surface area contributed by atoms with Gasteiger partial charge < -0.3 is 5.32 Å². The lowest BCUT2D eigenvalue weighted by atomic mass is 9.80. The Morgan fingerprint density at radius 3 is 2.42 bits per heavy atom. The van der Waals surface area contributed by atoms with Crippen LogP contribution >= 0.6 is 11.8 Å². The molecule has 3 atom stereocenters. The van der Waals surface area contributed by atoms with E-state index in [0.717, 1.165) is 63.5 Å². The van der Waals surface area contributed by atoms with Crippen molar-refractivity contribution in [2.24, 2.45) is 5.92 Å². The summed E-state index contributed by atoms with van der Waals surface area (Å²) in [5, 5.41) is 6.83. The van der Waals surface area contributed by atoms with Crippen molar-refractivity contribution in [1.29, 1.82) is 0 Å². The van der Waals surface area contributed by atoms with E-state index in [9.17, 15) is 13.2 Å². The van der Waals surface area contributed by atoms with Gasteiger partial charge in [0.25, 0.3) is 0 Å². The number of hydrogen-bond donors (Lipinski definition) is 2. The summed E-state index contributed by atoms with van der Waals surface area (Å²) in [4.78, 5) is 12.3. The number of amides is 1. The summed E-state index contributed by atoms with van der Waals surface area (Å²) >= 11 is 1.77. The Bertz CT molecular complexity index is 538. The molecule has 5 nitrogen and oxygen atoms in total. The molecule has 2 heterocycles. The van der Waals surface area contributed by atoms with Gasteiger partial charge in [0, 0.05) is 12.3 Å². The van der Waals surface area contributed by atoms with Crippen molar-refractivity contribution in [3.8, 4) is 0 Å². The van der Waals surface area contributed by atoms with Gasteiger partial charge in [0.1, 0.15) is 9.84 Å². The van der Waals surface area contributed by atoms with E-state index in [1.807, 2.05) is 0 Å². The second-order valence-corrected chi connectivity index (χ2v) is 11.3. The largest absolute Gasteiger partial charge is 0.340 e. The molecule has 0 radical (unpaired) electrons. The molecule has 2 aliphatic heterocycles. The second-order valence-electron chi connectivity index (χ2n) is 7.63. The standard InChI is InChI=1S/C17H30N2O3S2/c1-24(21,22)13-9-7-12(8-10-13)14-4-2-6-16(18-14)19-17(20)15-5-3-11-23-15/h12-16,18H,2-11H2,1H3,(H,19,20). The van der Waals surface area contributed by atoms with Crippen molar-refractivity contribution in [3.05, 3.63) is 0 Å². The number of sulfone groups is 1. The van der Waals surface area contributed by atoms with E-state index < -0.39 is 9.84 Å². The van der Waals surface area contributed by atoms with Gasteiger partial charge in [-0.25, -0.2) is 8.42 Å². The molecule has 3 fully saturated rings. The Hall–Kier alpha value is -0.270. The van der Waals surface area contributed by atoms with Gasteiger partial charge in [0.15, 0.2) is 0 Å². The quantitative estimate of drug-likeness (QED) is 0.788. The van der Waals surface area contributed by atoms with E-state index in [1.165, 1.54) is 6.26 Å². The van der Waals surface area contributed by atoms with Crippen molar-refractivity contribution in [3.63, 3.8) is 0 Å². The van der Waals surface area contributed by atoms with E-state index >= 15 is 0 Å². The minimum Gasteiger partial charge on any atom is -0.340 e. The molecule has 24 heavy (non-hydrogen) atoms. The zero-order valence-corrected chi connectivity index (χ0v) is 16.1. The third kappa shape index (κ3) is 4.67. The summed E-state index contributed by atoms with van der Waals surface area (Å²) < 4.78 is 23.4. The van der Waals surface area contributed by atoms with Gasteiger partial charge in [-0.2, -0.15) is 0 Å². The first kappa shape index (κ1) is 18.5. The van der Waals surface area contributed by atoms with Crippen LogP contribution < -0.4 is 10.6 Å². The highest BCUT2D eigenvalue weighted by Gasteiger charge is 2.35. The molecule has 1 aliphatic carbocycles. The van der Waals surface area contributed by atoms with Crippen LogP contribution in [0.3, 0.4) is 0 Å². The molecular formula is C17H30N2O3S2. The molecule has 1 saturated carbocycles. The Labute approximate surface area is 150 Å². The molecule has 0 aromatic rings. The maximum Gasteiger partial charge on any atom is 0.234 e. The number of hydrogen-bond acceptors (Lipinski definition) is 5. The Kier molecular flexibility index (Phi) is 6.14. The lowest BCUT2D eigenvalue weighted by Gasteiger charge is -2.39. The number of carbonyl (C=O) groups excluding carboxylic acids is 1. The van der Waals surface area contributed by atoms with Crippen LogP contribution in [0.4, 0.5) is 0 Å². The molecule has 0 aromatic carbocycles. The Morgan fingerprint density at radius 1 is 1.04 bits per heavy atom. The number of piperidine rings is 1. The number of thioether (sulfide) groups is 1. The van der Waals surface area contributed by atoms with Crippen molar-refractivity contribution in [1.82, 2.24) is 10.6 Å². The Balaban J connectivity index is 1.48. The first-order chi connectivity index (χ1) is 11.4. The van der Waals surface area contributed by atoms with E-state index in [1.54, 1.807) is 11.8 Å². The van der Waals surface area contributed by atoms with Crippen LogP contribution in [-0.2, 0) is 14.6 Å². The highest BCUT2D eigenvalue weighted by atomic mass is 32.2. The fraction of sp³-hybridized carbons (Fsp3) is 0.941. The van der Waals surface area contributed by atoms with E-state index in [2.05, 4.69) is 10.6 Å². The third-order valence-electron chi connectivity index (χ3n) is 5.86. The van der Waals surface area contributed by atoms with Crippen LogP contribution in [0.2, 0.25) is 0 Å². The highest BCUT2D eigenvalue weighted by Crippen LogP contribution is 2.33. The molecular weight excluding hydrogens is 344 g/mol. The Morgan fingerprint density at radius 2 is 1.79 bits per heavy atom. The van der Waals surface area contributed by atoms with Crippen LogP contribution in [0, 0.1) is 5.92 Å². The molecule has 3 unspecified atom stereocenters. The SMILES string of the molecule is CS(=O)(=O)C1CCC(C2CCCC(NC(=O)C3CCCS3)N2)CC1. The number of rotatable bonds is 4. The van der Waals surface area contributed by atoms with E-state index in [0.29, 0.717) is 12.0 Å².